The van der Waals surface area contributed by atoms with Gasteiger partial charge < -0.3 is 25.2 Å². The minimum Gasteiger partial charge on any atom is -0.378 e. The molecule has 0 saturated carbocycles. The minimum absolute atomic E-state index is 0.114. The Bertz CT molecular complexity index is 611. The van der Waals surface area contributed by atoms with Crippen molar-refractivity contribution in [2.24, 2.45) is 11.8 Å². The number of ether oxygens (including phenoxy) is 1. The summed E-state index contributed by atoms with van der Waals surface area (Å²) in [5.74, 6) is 2.50. The van der Waals surface area contributed by atoms with Crippen LogP contribution >= 0.6 is 0 Å². The largest absolute Gasteiger partial charge is 0.378 e. The first-order valence-electron chi connectivity index (χ1n) is 10.6. The van der Waals surface area contributed by atoms with Crippen molar-refractivity contribution in [2.45, 2.75) is 33.2 Å². The Morgan fingerprint density at radius 2 is 1.96 bits per heavy atom. The van der Waals surface area contributed by atoms with Gasteiger partial charge in [-0.2, -0.15) is 0 Å². The fourth-order valence-corrected chi connectivity index (χ4v) is 4.35. The maximum atomic E-state index is 12.2. The lowest BCUT2D eigenvalue weighted by Crippen LogP contribution is -2.41. The third-order valence-corrected chi connectivity index (χ3v) is 5.50. The Labute approximate surface area is 168 Å². The zero-order valence-electron chi connectivity index (χ0n) is 17.3. The van der Waals surface area contributed by atoms with Crippen molar-refractivity contribution >= 4 is 11.8 Å². The highest BCUT2D eigenvalue weighted by Crippen LogP contribution is 2.21. The number of anilines is 1. The van der Waals surface area contributed by atoms with E-state index in [1.165, 1.54) is 19.5 Å². The molecule has 0 bridgehead atoms. The molecule has 2 saturated heterocycles. The van der Waals surface area contributed by atoms with E-state index in [-0.39, 0.29) is 6.03 Å². The van der Waals surface area contributed by atoms with Crippen molar-refractivity contribution < 1.29 is 9.53 Å². The highest BCUT2D eigenvalue weighted by atomic mass is 16.5. The summed E-state index contributed by atoms with van der Waals surface area (Å²) in [5, 5.41) is 5.95. The molecule has 2 fully saturated rings. The number of carbonyl (C=O) groups is 1. The number of piperidine rings is 1. The summed E-state index contributed by atoms with van der Waals surface area (Å²) in [6, 6.07) is 3.83. The number of rotatable bonds is 7. The van der Waals surface area contributed by atoms with E-state index in [1.54, 1.807) is 6.20 Å². The molecule has 0 unspecified atom stereocenters. The van der Waals surface area contributed by atoms with Crippen molar-refractivity contribution in [3.8, 4) is 0 Å². The molecule has 0 spiro atoms. The Balaban J connectivity index is 1.37. The Morgan fingerprint density at radius 1 is 1.21 bits per heavy atom. The van der Waals surface area contributed by atoms with Crippen LogP contribution in [0.5, 0.6) is 0 Å². The van der Waals surface area contributed by atoms with E-state index in [2.05, 4.69) is 39.3 Å². The number of morpholine rings is 1. The van der Waals surface area contributed by atoms with Gasteiger partial charge in [-0.25, -0.2) is 9.78 Å². The predicted molar refractivity (Wildman–Crippen MR) is 112 cm³/mol. The summed E-state index contributed by atoms with van der Waals surface area (Å²) in [4.78, 5) is 21.4. The molecule has 2 aliphatic heterocycles. The lowest BCUT2D eigenvalue weighted by molar-refractivity contribution is 0.122. The highest BCUT2D eigenvalue weighted by molar-refractivity contribution is 5.74. The van der Waals surface area contributed by atoms with Crippen LogP contribution in [0.25, 0.3) is 0 Å². The fraction of sp³-hybridized carbons (Fsp3) is 0.714. The maximum Gasteiger partial charge on any atom is 0.315 e. The summed E-state index contributed by atoms with van der Waals surface area (Å²) >= 11 is 0. The average Bonchev–Trinajstić information content (AvgIpc) is 2.70. The Morgan fingerprint density at radius 3 is 2.71 bits per heavy atom. The summed E-state index contributed by atoms with van der Waals surface area (Å²) in [7, 11) is 0. The van der Waals surface area contributed by atoms with Gasteiger partial charge in [0, 0.05) is 51.0 Å². The molecule has 0 aromatic carbocycles. The van der Waals surface area contributed by atoms with Crippen molar-refractivity contribution in [1.82, 2.24) is 20.5 Å². The van der Waals surface area contributed by atoms with Gasteiger partial charge in [0.1, 0.15) is 5.82 Å². The van der Waals surface area contributed by atoms with E-state index < -0.39 is 0 Å². The number of nitrogens with one attached hydrogen (secondary N) is 2. The Kier molecular flexibility index (Phi) is 7.91. The van der Waals surface area contributed by atoms with Gasteiger partial charge in [-0.1, -0.05) is 19.9 Å². The predicted octanol–water partition coefficient (Wildman–Crippen LogP) is 2.09. The summed E-state index contributed by atoms with van der Waals surface area (Å²) in [5.41, 5.74) is 1.04. The molecule has 0 aliphatic carbocycles. The zero-order chi connectivity index (χ0) is 19.8. The number of hydrogen-bond acceptors (Lipinski definition) is 5. The maximum absolute atomic E-state index is 12.2. The van der Waals surface area contributed by atoms with Crippen molar-refractivity contribution in [3.05, 3.63) is 23.9 Å². The quantitative estimate of drug-likeness (QED) is 0.699. The molecule has 2 N–H and O–H groups in total. The highest BCUT2D eigenvalue weighted by Gasteiger charge is 2.21. The summed E-state index contributed by atoms with van der Waals surface area (Å²) in [6.07, 6.45) is 4.12. The third kappa shape index (κ3) is 6.34. The molecule has 1 aromatic heterocycles. The van der Waals surface area contributed by atoms with Crippen molar-refractivity contribution in [3.63, 3.8) is 0 Å². The first-order valence-corrected chi connectivity index (χ1v) is 10.6. The van der Waals surface area contributed by atoms with E-state index >= 15 is 0 Å². The second-order valence-electron chi connectivity index (χ2n) is 8.25. The van der Waals surface area contributed by atoms with Crippen LogP contribution in [-0.4, -0.2) is 68.4 Å². The van der Waals surface area contributed by atoms with E-state index in [1.807, 2.05) is 12.1 Å². The minimum atomic E-state index is -0.114. The smallest absolute Gasteiger partial charge is 0.315 e. The molecule has 7 nitrogen and oxygen atoms in total. The second-order valence-corrected chi connectivity index (χ2v) is 8.25. The average molecular weight is 390 g/mol. The number of hydrogen-bond donors (Lipinski definition) is 2. The van der Waals surface area contributed by atoms with Gasteiger partial charge in [0.2, 0.25) is 0 Å². The standard InChI is InChI=1S/C21H35N5O2/c1-17-13-18(2)16-25(15-17)8-4-7-23-21(27)24-14-19-5-3-6-22-20(19)26-9-11-28-12-10-26/h3,5-6,17-18H,4,7-16H2,1-2H3,(H2,23,24,27)/t17-,18+. The van der Waals surface area contributed by atoms with Crippen LogP contribution in [-0.2, 0) is 11.3 Å². The van der Waals surface area contributed by atoms with Crippen molar-refractivity contribution in [1.29, 1.82) is 0 Å². The lowest BCUT2D eigenvalue weighted by atomic mass is 9.92. The van der Waals surface area contributed by atoms with Gasteiger partial charge in [0.15, 0.2) is 0 Å². The number of amides is 2. The molecular weight excluding hydrogens is 354 g/mol. The van der Waals surface area contributed by atoms with Crippen LogP contribution in [0.3, 0.4) is 0 Å². The lowest BCUT2D eigenvalue weighted by Gasteiger charge is -2.34. The monoisotopic (exact) mass is 389 g/mol. The van der Waals surface area contributed by atoms with Crippen LogP contribution in [0.15, 0.2) is 18.3 Å². The van der Waals surface area contributed by atoms with Gasteiger partial charge >= 0.3 is 6.03 Å². The number of pyridine rings is 1. The van der Waals surface area contributed by atoms with E-state index in [0.29, 0.717) is 13.1 Å². The Hall–Kier alpha value is -1.86. The van der Waals surface area contributed by atoms with Crippen LogP contribution in [0.2, 0.25) is 0 Å². The first-order chi connectivity index (χ1) is 13.6. The van der Waals surface area contributed by atoms with Gasteiger partial charge in [-0.15, -0.1) is 0 Å². The number of likely N-dealkylation sites (tertiary alicyclic amines) is 1. The molecule has 0 radical (unpaired) electrons. The van der Waals surface area contributed by atoms with Gasteiger partial charge in [-0.05, 0) is 37.3 Å². The molecule has 3 heterocycles. The first kappa shape index (κ1) is 20.9. The number of nitrogens with zero attached hydrogens (tertiary/aromatic N) is 3. The molecule has 2 atom stereocenters. The summed E-state index contributed by atoms with van der Waals surface area (Å²) < 4.78 is 5.42. The molecule has 1 aromatic rings. The van der Waals surface area contributed by atoms with Gasteiger partial charge in [0.25, 0.3) is 0 Å². The van der Waals surface area contributed by atoms with Crippen LogP contribution in [0.4, 0.5) is 10.6 Å². The zero-order valence-corrected chi connectivity index (χ0v) is 17.3. The molecule has 156 valence electrons. The number of aromatic nitrogens is 1. The molecule has 2 amide bonds. The molecule has 3 rings (SSSR count). The second kappa shape index (κ2) is 10.6. The SMILES string of the molecule is C[C@@H]1C[C@H](C)CN(CCCNC(=O)NCc2cccnc2N2CCOCC2)C1. The van der Waals surface area contributed by atoms with Crippen LogP contribution in [0.1, 0.15) is 32.3 Å². The molecule has 2 aliphatic rings. The van der Waals surface area contributed by atoms with Gasteiger partial charge in [-0.3, -0.25) is 0 Å². The van der Waals surface area contributed by atoms with Gasteiger partial charge in [0.05, 0.1) is 13.2 Å². The number of urea groups is 1. The fourth-order valence-electron chi connectivity index (χ4n) is 4.35. The topological polar surface area (TPSA) is 69.7 Å². The number of carbonyl (C=O) groups excluding carboxylic acids is 1. The molecule has 7 heteroatoms. The molecular formula is C21H35N5O2. The van der Waals surface area contributed by atoms with E-state index in [0.717, 1.165) is 62.5 Å². The molecule has 28 heavy (non-hydrogen) atoms. The van der Waals surface area contributed by atoms with Crippen molar-refractivity contribution in [2.75, 3.05) is 57.4 Å². The van der Waals surface area contributed by atoms with E-state index in [9.17, 15) is 4.79 Å². The third-order valence-electron chi connectivity index (χ3n) is 5.50. The summed E-state index contributed by atoms with van der Waals surface area (Å²) in [6.45, 7) is 12.4. The van der Waals surface area contributed by atoms with Crippen LogP contribution < -0.4 is 15.5 Å². The normalized spacial score (nSPS) is 23.4. The van der Waals surface area contributed by atoms with E-state index in [4.69, 9.17) is 4.74 Å². The van der Waals surface area contributed by atoms with Crippen LogP contribution in [0, 0.1) is 11.8 Å².